The molecule has 19 heavy (non-hydrogen) atoms. The number of carbonyl (C=O) groups excluding carboxylic acids is 1. The van der Waals surface area contributed by atoms with Crippen LogP contribution >= 0.6 is 0 Å². The van der Waals surface area contributed by atoms with Gasteiger partial charge in [-0.1, -0.05) is 6.07 Å². The van der Waals surface area contributed by atoms with Gasteiger partial charge in [-0.25, -0.2) is 0 Å². The number of piperazine rings is 1. The van der Waals surface area contributed by atoms with Crippen LogP contribution in [-0.2, 0) is 11.3 Å². The van der Waals surface area contributed by atoms with Gasteiger partial charge in [0.25, 0.3) is 0 Å². The van der Waals surface area contributed by atoms with Gasteiger partial charge in [0.2, 0.25) is 5.91 Å². The molecule has 1 aliphatic rings. The summed E-state index contributed by atoms with van der Waals surface area (Å²) in [6.45, 7) is 5.73. The number of hydrogen-bond acceptors (Lipinski definition) is 4. The van der Waals surface area contributed by atoms with Crippen LogP contribution in [0.1, 0.15) is 12.0 Å². The number of aromatic nitrogens is 1. The van der Waals surface area contributed by atoms with Gasteiger partial charge in [-0.2, -0.15) is 0 Å². The lowest BCUT2D eigenvalue weighted by atomic mass is 10.2. The Balaban J connectivity index is 1.62. The minimum Gasteiger partial charge on any atom is -0.352 e. The number of nitrogens with one attached hydrogen (secondary N) is 1. The third-order valence-electron chi connectivity index (χ3n) is 3.46. The van der Waals surface area contributed by atoms with Gasteiger partial charge in [-0.15, -0.1) is 0 Å². The van der Waals surface area contributed by atoms with E-state index in [0.717, 1.165) is 38.3 Å². The molecule has 0 saturated carbocycles. The van der Waals surface area contributed by atoms with Crippen molar-refractivity contribution in [1.29, 1.82) is 0 Å². The van der Waals surface area contributed by atoms with Crippen LogP contribution < -0.4 is 5.32 Å². The molecule has 1 amide bonds. The van der Waals surface area contributed by atoms with Crippen LogP contribution in [0.3, 0.4) is 0 Å². The number of likely N-dealkylation sites (N-methyl/N-ethyl adjacent to an activating group) is 1. The Morgan fingerprint density at radius 3 is 2.84 bits per heavy atom. The van der Waals surface area contributed by atoms with Gasteiger partial charge < -0.3 is 15.1 Å². The molecule has 1 saturated heterocycles. The molecule has 0 radical (unpaired) electrons. The lowest BCUT2D eigenvalue weighted by Crippen LogP contribution is -2.45. The molecule has 2 rings (SSSR count). The molecule has 0 bridgehead atoms. The molecule has 1 fully saturated rings. The van der Waals surface area contributed by atoms with Crippen LogP contribution in [0, 0.1) is 0 Å². The van der Waals surface area contributed by atoms with Gasteiger partial charge >= 0.3 is 0 Å². The third-order valence-corrected chi connectivity index (χ3v) is 3.46. The predicted molar refractivity (Wildman–Crippen MR) is 74.6 cm³/mol. The van der Waals surface area contributed by atoms with E-state index in [1.54, 1.807) is 12.4 Å². The summed E-state index contributed by atoms with van der Waals surface area (Å²) in [4.78, 5) is 20.4. The first-order chi connectivity index (χ1) is 9.24. The molecule has 5 heteroatoms. The highest BCUT2D eigenvalue weighted by atomic mass is 16.1. The maximum atomic E-state index is 11.8. The number of amides is 1. The quantitative estimate of drug-likeness (QED) is 0.831. The smallest absolute Gasteiger partial charge is 0.221 e. The summed E-state index contributed by atoms with van der Waals surface area (Å²) in [5.41, 5.74) is 1.04. The first-order valence-electron chi connectivity index (χ1n) is 6.80. The van der Waals surface area contributed by atoms with Crippen LogP contribution in [0.5, 0.6) is 0 Å². The third kappa shape index (κ3) is 4.96. The second-order valence-corrected chi connectivity index (χ2v) is 5.03. The summed E-state index contributed by atoms with van der Waals surface area (Å²) in [5, 5.41) is 2.93. The zero-order chi connectivity index (χ0) is 13.5. The van der Waals surface area contributed by atoms with E-state index in [1.165, 1.54) is 0 Å². The molecule has 104 valence electrons. The van der Waals surface area contributed by atoms with Crippen molar-refractivity contribution in [2.45, 2.75) is 13.0 Å². The summed E-state index contributed by atoms with van der Waals surface area (Å²) >= 11 is 0. The standard InChI is InChI=1S/C14H22N4O/c1-17-7-9-18(10-8-17)6-4-14(19)16-12-13-3-2-5-15-11-13/h2-3,5,11H,4,6-10,12H2,1H3,(H,16,19). The van der Waals surface area contributed by atoms with E-state index >= 15 is 0 Å². The number of carbonyl (C=O) groups is 1. The SMILES string of the molecule is CN1CCN(CCC(=O)NCc2cccnc2)CC1. The summed E-state index contributed by atoms with van der Waals surface area (Å²) < 4.78 is 0. The molecule has 5 nitrogen and oxygen atoms in total. The molecule has 0 aliphatic carbocycles. The van der Waals surface area contributed by atoms with Crippen LogP contribution in [-0.4, -0.2) is 60.5 Å². The Bertz CT molecular complexity index is 388. The Labute approximate surface area is 114 Å². The van der Waals surface area contributed by atoms with Crippen LogP contribution in [0.4, 0.5) is 0 Å². The van der Waals surface area contributed by atoms with E-state index in [-0.39, 0.29) is 5.91 Å². The van der Waals surface area contributed by atoms with E-state index in [4.69, 9.17) is 0 Å². The van der Waals surface area contributed by atoms with E-state index in [0.29, 0.717) is 13.0 Å². The predicted octanol–water partition coefficient (Wildman–Crippen LogP) is 0.335. The molecular weight excluding hydrogens is 240 g/mol. The van der Waals surface area contributed by atoms with Crippen molar-refractivity contribution in [1.82, 2.24) is 20.1 Å². The van der Waals surface area contributed by atoms with E-state index in [9.17, 15) is 4.79 Å². The monoisotopic (exact) mass is 262 g/mol. The molecule has 0 unspecified atom stereocenters. The Morgan fingerprint density at radius 2 is 2.16 bits per heavy atom. The molecule has 1 aromatic rings. The highest BCUT2D eigenvalue weighted by molar-refractivity contribution is 5.76. The molecule has 0 aromatic carbocycles. The topological polar surface area (TPSA) is 48.5 Å². The lowest BCUT2D eigenvalue weighted by molar-refractivity contribution is -0.121. The van der Waals surface area contributed by atoms with Crippen LogP contribution in [0.25, 0.3) is 0 Å². The Morgan fingerprint density at radius 1 is 1.37 bits per heavy atom. The van der Waals surface area contributed by atoms with Gasteiger partial charge in [0.15, 0.2) is 0 Å². The van der Waals surface area contributed by atoms with Crippen molar-refractivity contribution in [3.8, 4) is 0 Å². The number of nitrogens with zero attached hydrogens (tertiary/aromatic N) is 3. The maximum absolute atomic E-state index is 11.8. The van der Waals surface area contributed by atoms with E-state index in [1.807, 2.05) is 12.1 Å². The average molecular weight is 262 g/mol. The van der Waals surface area contributed by atoms with Crippen molar-refractivity contribution in [2.24, 2.45) is 0 Å². The van der Waals surface area contributed by atoms with Crippen molar-refractivity contribution >= 4 is 5.91 Å². The number of rotatable bonds is 5. The minimum atomic E-state index is 0.114. The van der Waals surface area contributed by atoms with Crippen molar-refractivity contribution < 1.29 is 4.79 Å². The molecule has 1 aliphatic heterocycles. The molecule has 1 N–H and O–H groups in total. The fourth-order valence-corrected chi connectivity index (χ4v) is 2.12. The second-order valence-electron chi connectivity index (χ2n) is 5.03. The summed E-state index contributed by atoms with van der Waals surface area (Å²) in [6.07, 6.45) is 4.09. The Hall–Kier alpha value is -1.46. The molecule has 0 atom stereocenters. The molecular formula is C14H22N4O. The fraction of sp³-hybridized carbons (Fsp3) is 0.571. The average Bonchev–Trinajstić information content (AvgIpc) is 2.45. The van der Waals surface area contributed by atoms with E-state index in [2.05, 4.69) is 27.1 Å². The lowest BCUT2D eigenvalue weighted by Gasteiger charge is -2.32. The summed E-state index contributed by atoms with van der Waals surface area (Å²) in [6, 6.07) is 3.85. The first-order valence-corrected chi connectivity index (χ1v) is 6.80. The van der Waals surface area contributed by atoms with Gasteiger partial charge in [0.1, 0.15) is 0 Å². The van der Waals surface area contributed by atoms with Crippen LogP contribution in [0.2, 0.25) is 0 Å². The largest absolute Gasteiger partial charge is 0.352 e. The van der Waals surface area contributed by atoms with Gasteiger partial charge in [-0.3, -0.25) is 9.78 Å². The summed E-state index contributed by atoms with van der Waals surface area (Å²) in [7, 11) is 2.14. The van der Waals surface area contributed by atoms with Crippen LogP contribution in [0.15, 0.2) is 24.5 Å². The Kier molecular flexibility index (Phi) is 5.30. The molecule has 1 aromatic heterocycles. The maximum Gasteiger partial charge on any atom is 0.221 e. The number of pyridine rings is 1. The minimum absolute atomic E-state index is 0.114. The van der Waals surface area contributed by atoms with Crippen molar-refractivity contribution in [3.05, 3.63) is 30.1 Å². The second kappa shape index (κ2) is 7.21. The number of hydrogen-bond donors (Lipinski definition) is 1. The first kappa shape index (κ1) is 14.0. The van der Waals surface area contributed by atoms with Gasteiger partial charge in [0, 0.05) is 58.1 Å². The van der Waals surface area contributed by atoms with Crippen molar-refractivity contribution in [2.75, 3.05) is 39.8 Å². The molecule has 0 spiro atoms. The van der Waals surface area contributed by atoms with E-state index < -0.39 is 0 Å². The normalized spacial score (nSPS) is 17.3. The van der Waals surface area contributed by atoms with Gasteiger partial charge in [-0.05, 0) is 18.7 Å². The highest BCUT2D eigenvalue weighted by Crippen LogP contribution is 2.00. The fourth-order valence-electron chi connectivity index (χ4n) is 2.12. The zero-order valence-corrected chi connectivity index (χ0v) is 11.5. The summed E-state index contributed by atoms with van der Waals surface area (Å²) in [5.74, 6) is 0.114. The highest BCUT2D eigenvalue weighted by Gasteiger charge is 2.14. The van der Waals surface area contributed by atoms with Crippen molar-refractivity contribution in [3.63, 3.8) is 0 Å². The zero-order valence-electron chi connectivity index (χ0n) is 11.5. The molecule has 2 heterocycles. The van der Waals surface area contributed by atoms with Gasteiger partial charge in [0.05, 0.1) is 0 Å².